The number of benzene rings is 3. The minimum absolute atomic E-state index is 0.0172. The monoisotopic (exact) mass is 533 g/mol. The number of rotatable bonds is 10. The summed E-state index contributed by atoms with van der Waals surface area (Å²) in [5.41, 5.74) is 3.41. The van der Waals surface area contributed by atoms with Gasteiger partial charge in [-0.3, -0.25) is 9.52 Å². The Hall–Kier alpha value is -4.57. The van der Waals surface area contributed by atoms with E-state index in [0.717, 1.165) is 16.7 Å². The largest absolute Gasteiger partial charge is 0.493 e. The van der Waals surface area contributed by atoms with Gasteiger partial charge in [0.2, 0.25) is 5.91 Å². The van der Waals surface area contributed by atoms with Crippen molar-refractivity contribution in [1.82, 2.24) is 5.16 Å². The van der Waals surface area contributed by atoms with Gasteiger partial charge in [0, 0.05) is 17.8 Å². The summed E-state index contributed by atoms with van der Waals surface area (Å²) in [4.78, 5) is 12.4. The van der Waals surface area contributed by atoms with Gasteiger partial charge in [-0.1, -0.05) is 35.5 Å². The number of sulfonamides is 1. The summed E-state index contributed by atoms with van der Waals surface area (Å²) < 4.78 is 43.6. The van der Waals surface area contributed by atoms with Crippen molar-refractivity contribution in [2.75, 3.05) is 17.1 Å². The fourth-order valence-electron chi connectivity index (χ4n) is 3.52. The van der Waals surface area contributed by atoms with Crippen LogP contribution in [-0.2, 0) is 21.4 Å². The molecule has 1 aromatic heterocycles. The number of nitrogens with one attached hydrogen (secondary N) is 2. The van der Waals surface area contributed by atoms with E-state index in [-0.39, 0.29) is 16.6 Å². The molecule has 196 valence electrons. The Morgan fingerprint density at radius 1 is 1.00 bits per heavy atom. The van der Waals surface area contributed by atoms with Crippen LogP contribution in [0.25, 0.3) is 6.08 Å². The minimum atomic E-state index is -3.85. The van der Waals surface area contributed by atoms with Crippen molar-refractivity contribution < 1.29 is 27.2 Å². The lowest BCUT2D eigenvalue weighted by Gasteiger charge is -2.12. The van der Waals surface area contributed by atoms with Crippen LogP contribution in [0.15, 0.2) is 88.3 Å². The van der Waals surface area contributed by atoms with Crippen molar-refractivity contribution in [3.8, 4) is 11.5 Å². The Morgan fingerprint density at radius 3 is 2.45 bits per heavy atom. The number of carbonyl (C=O) groups excluding carboxylic acids is 1. The third kappa shape index (κ3) is 6.80. The summed E-state index contributed by atoms with van der Waals surface area (Å²) in [6, 6.07) is 20.6. The van der Waals surface area contributed by atoms with Crippen molar-refractivity contribution in [3.63, 3.8) is 0 Å². The molecule has 0 radical (unpaired) electrons. The minimum Gasteiger partial charge on any atom is -0.493 e. The zero-order valence-electron chi connectivity index (χ0n) is 21.1. The number of amides is 1. The predicted molar refractivity (Wildman–Crippen MR) is 145 cm³/mol. The molecule has 4 rings (SSSR count). The molecule has 38 heavy (non-hydrogen) atoms. The maximum atomic E-state index is 12.5. The predicted octanol–water partition coefficient (Wildman–Crippen LogP) is 5.33. The van der Waals surface area contributed by atoms with Crippen LogP contribution in [0.5, 0.6) is 11.5 Å². The number of hydrogen-bond donors (Lipinski definition) is 2. The highest BCUT2D eigenvalue weighted by atomic mass is 32.2. The van der Waals surface area contributed by atoms with E-state index >= 15 is 0 Å². The van der Waals surface area contributed by atoms with Gasteiger partial charge in [-0.05, 0) is 73.0 Å². The van der Waals surface area contributed by atoms with E-state index in [1.54, 1.807) is 32.2 Å². The molecule has 0 spiro atoms. The number of ether oxygens (including phenoxy) is 2. The van der Waals surface area contributed by atoms with Gasteiger partial charge in [0.25, 0.3) is 10.0 Å². The van der Waals surface area contributed by atoms with Crippen LogP contribution in [0.2, 0.25) is 0 Å². The van der Waals surface area contributed by atoms with Crippen molar-refractivity contribution in [3.05, 3.63) is 101 Å². The van der Waals surface area contributed by atoms with Gasteiger partial charge in [0.15, 0.2) is 17.3 Å². The molecule has 0 bridgehead atoms. The second-order valence-corrected chi connectivity index (χ2v) is 10.1. The molecule has 0 atom stereocenters. The first-order valence-electron chi connectivity index (χ1n) is 11.6. The Bertz CT molecular complexity index is 1560. The van der Waals surface area contributed by atoms with Crippen LogP contribution in [0.1, 0.15) is 22.5 Å². The van der Waals surface area contributed by atoms with Crippen LogP contribution in [-0.4, -0.2) is 26.6 Å². The van der Waals surface area contributed by atoms with E-state index in [2.05, 4.69) is 15.2 Å². The molecule has 3 aromatic carbocycles. The summed E-state index contributed by atoms with van der Waals surface area (Å²) >= 11 is 0. The average molecular weight is 534 g/mol. The van der Waals surface area contributed by atoms with E-state index in [1.165, 1.54) is 36.4 Å². The standard InChI is InChI=1S/C28H27N3O6S/c1-19-6-4-5-7-22(19)18-36-25-14-8-21(17-26(25)35-3)9-15-28(32)29-23-10-12-24(13-11-23)38(33,34)31-27-16-20(2)37-30-27/h4-17H,18H2,1-3H3,(H,29,32)(H,30,31). The zero-order valence-corrected chi connectivity index (χ0v) is 21.9. The fourth-order valence-corrected chi connectivity index (χ4v) is 4.50. The number of anilines is 2. The average Bonchev–Trinajstić information content (AvgIpc) is 3.31. The van der Waals surface area contributed by atoms with Gasteiger partial charge in [0.1, 0.15) is 12.4 Å². The Balaban J connectivity index is 1.35. The van der Waals surface area contributed by atoms with E-state index < -0.39 is 10.0 Å². The molecule has 2 N–H and O–H groups in total. The quantitative estimate of drug-likeness (QED) is 0.264. The first-order chi connectivity index (χ1) is 18.2. The lowest BCUT2D eigenvalue weighted by atomic mass is 10.1. The van der Waals surface area contributed by atoms with Gasteiger partial charge in [-0.25, -0.2) is 8.42 Å². The third-order valence-electron chi connectivity index (χ3n) is 5.56. The molecule has 0 fully saturated rings. The molecule has 10 heteroatoms. The molecule has 1 amide bonds. The van der Waals surface area contributed by atoms with Crippen LogP contribution in [0.4, 0.5) is 11.5 Å². The summed E-state index contributed by atoms with van der Waals surface area (Å²) in [7, 11) is -2.29. The molecule has 0 saturated carbocycles. The Labute approximate surface area is 221 Å². The highest BCUT2D eigenvalue weighted by Crippen LogP contribution is 2.29. The SMILES string of the molecule is COc1cc(C=CC(=O)Nc2ccc(S(=O)(=O)Nc3cc(C)on3)cc2)ccc1OCc1ccccc1C. The van der Waals surface area contributed by atoms with Gasteiger partial charge in [0.05, 0.1) is 12.0 Å². The van der Waals surface area contributed by atoms with Crippen LogP contribution >= 0.6 is 0 Å². The molecule has 4 aromatic rings. The Morgan fingerprint density at radius 2 is 1.76 bits per heavy atom. The number of carbonyl (C=O) groups is 1. The smallest absolute Gasteiger partial charge is 0.263 e. The number of hydrogen-bond acceptors (Lipinski definition) is 7. The van der Waals surface area contributed by atoms with Crippen LogP contribution < -0.4 is 19.5 Å². The number of aromatic nitrogens is 1. The lowest BCUT2D eigenvalue weighted by molar-refractivity contribution is -0.111. The highest BCUT2D eigenvalue weighted by molar-refractivity contribution is 7.92. The van der Waals surface area contributed by atoms with E-state index in [0.29, 0.717) is 29.6 Å². The molecule has 9 nitrogen and oxygen atoms in total. The first kappa shape index (κ1) is 26.5. The maximum absolute atomic E-state index is 12.5. The van der Waals surface area contributed by atoms with Crippen LogP contribution in [0, 0.1) is 13.8 Å². The number of nitrogens with zero attached hydrogens (tertiary/aromatic N) is 1. The molecular formula is C28H27N3O6S. The normalized spacial score (nSPS) is 11.3. The van der Waals surface area contributed by atoms with E-state index in [9.17, 15) is 13.2 Å². The summed E-state index contributed by atoms with van der Waals surface area (Å²) in [6.45, 7) is 4.10. The van der Waals surface area contributed by atoms with Crippen molar-refractivity contribution in [2.24, 2.45) is 0 Å². The summed E-state index contributed by atoms with van der Waals surface area (Å²) in [5, 5.41) is 6.33. The van der Waals surface area contributed by atoms with E-state index in [4.69, 9.17) is 14.0 Å². The molecule has 0 aliphatic heterocycles. The van der Waals surface area contributed by atoms with Gasteiger partial charge in [-0.15, -0.1) is 0 Å². The summed E-state index contributed by atoms with van der Waals surface area (Å²) in [6.07, 6.45) is 3.02. The third-order valence-corrected chi connectivity index (χ3v) is 6.93. The molecule has 1 heterocycles. The maximum Gasteiger partial charge on any atom is 0.263 e. The molecule has 0 aliphatic carbocycles. The zero-order chi connectivity index (χ0) is 27.1. The first-order valence-corrected chi connectivity index (χ1v) is 13.1. The van der Waals surface area contributed by atoms with Gasteiger partial charge < -0.3 is 19.3 Å². The second kappa shape index (κ2) is 11.7. The molecular weight excluding hydrogens is 506 g/mol. The van der Waals surface area contributed by atoms with Gasteiger partial charge in [-0.2, -0.15) is 0 Å². The van der Waals surface area contributed by atoms with Crippen LogP contribution in [0.3, 0.4) is 0 Å². The summed E-state index contributed by atoms with van der Waals surface area (Å²) in [5.74, 6) is 1.34. The Kier molecular flexibility index (Phi) is 8.12. The molecule has 0 saturated heterocycles. The van der Waals surface area contributed by atoms with E-state index in [1.807, 2.05) is 37.3 Å². The molecule has 0 unspecified atom stereocenters. The number of methoxy groups -OCH3 is 1. The second-order valence-electron chi connectivity index (χ2n) is 8.40. The van der Waals surface area contributed by atoms with Crippen molar-refractivity contribution in [1.29, 1.82) is 0 Å². The van der Waals surface area contributed by atoms with Crippen molar-refractivity contribution in [2.45, 2.75) is 25.3 Å². The molecule has 0 aliphatic rings. The number of aryl methyl sites for hydroxylation is 2. The highest BCUT2D eigenvalue weighted by Gasteiger charge is 2.16. The van der Waals surface area contributed by atoms with Crippen molar-refractivity contribution >= 4 is 33.5 Å². The fraction of sp³-hybridized carbons (Fsp3) is 0.143. The topological polar surface area (TPSA) is 120 Å². The lowest BCUT2D eigenvalue weighted by Crippen LogP contribution is -2.13. The van der Waals surface area contributed by atoms with Gasteiger partial charge >= 0.3 is 0 Å².